The molecule has 1 unspecified atom stereocenters. The minimum atomic E-state index is -0.127. The third-order valence-corrected chi connectivity index (χ3v) is 3.60. The Balaban J connectivity index is 2.61. The number of aryl methyl sites for hydroxylation is 2. The fourth-order valence-corrected chi connectivity index (χ4v) is 2.39. The van der Waals surface area contributed by atoms with Crippen LogP contribution in [0.5, 0.6) is 0 Å². The summed E-state index contributed by atoms with van der Waals surface area (Å²) in [4.78, 5) is 11.3. The molecule has 20 heavy (non-hydrogen) atoms. The van der Waals surface area contributed by atoms with Gasteiger partial charge in [-0.3, -0.25) is 4.79 Å². The molecule has 2 N–H and O–H groups in total. The summed E-state index contributed by atoms with van der Waals surface area (Å²) in [6.07, 6.45) is 4.06. The van der Waals surface area contributed by atoms with Crippen LogP contribution in [0, 0.1) is 0 Å². The zero-order valence-corrected chi connectivity index (χ0v) is 12.9. The van der Waals surface area contributed by atoms with Crippen LogP contribution in [-0.2, 0) is 22.4 Å². The maximum absolute atomic E-state index is 11.3. The molecule has 0 aromatic heterocycles. The van der Waals surface area contributed by atoms with Crippen molar-refractivity contribution in [3.05, 3.63) is 34.9 Å². The van der Waals surface area contributed by atoms with Gasteiger partial charge in [0.25, 0.3) is 0 Å². The van der Waals surface area contributed by atoms with E-state index in [0.717, 1.165) is 25.7 Å². The second-order valence-electron chi connectivity index (χ2n) is 5.04. The third kappa shape index (κ3) is 4.97. The van der Waals surface area contributed by atoms with Crippen LogP contribution in [0.3, 0.4) is 0 Å². The first-order chi connectivity index (χ1) is 9.62. The van der Waals surface area contributed by atoms with Crippen molar-refractivity contribution < 1.29 is 9.53 Å². The normalized spacial score (nSPS) is 12.2. The van der Waals surface area contributed by atoms with Crippen molar-refractivity contribution in [2.24, 2.45) is 5.73 Å². The molecule has 1 rings (SSSR count). The van der Waals surface area contributed by atoms with E-state index in [-0.39, 0.29) is 12.0 Å². The molecule has 0 amide bonds. The third-order valence-electron chi connectivity index (χ3n) is 3.60. The van der Waals surface area contributed by atoms with E-state index in [0.29, 0.717) is 13.0 Å². The monoisotopic (exact) mass is 277 g/mol. The van der Waals surface area contributed by atoms with Gasteiger partial charge in [0.15, 0.2) is 0 Å². The summed E-state index contributed by atoms with van der Waals surface area (Å²) in [5.41, 5.74) is 10.2. The summed E-state index contributed by atoms with van der Waals surface area (Å²) in [5.74, 6) is -0.127. The fourth-order valence-electron chi connectivity index (χ4n) is 2.39. The Labute approximate surface area is 122 Å². The first-order valence-corrected chi connectivity index (χ1v) is 7.65. The number of carbonyl (C=O) groups excluding carboxylic acids is 1. The molecule has 112 valence electrons. The Morgan fingerprint density at radius 2 is 2.00 bits per heavy atom. The quantitative estimate of drug-likeness (QED) is 0.739. The maximum atomic E-state index is 11.3. The number of esters is 1. The first-order valence-electron chi connectivity index (χ1n) is 7.65. The molecule has 0 bridgehead atoms. The van der Waals surface area contributed by atoms with E-state index in [1.807, 2.05) is 6.92 Å². The van der Waals surface area contributed by atoms with Gasteiger partial charge in [-0.25, -0.2) is 0 Å². The maximum Gasteiger partial charge on any atom is 0.305 e. The van der Waals surface area contributed by atoms with Crippen molar-refractivity contribution in [2.45, 2.75) is 58.9 Å². The fraction of sp³-hybridized carbons (Fsp3) is 0.588. The van der Waals surface area contributed by atoms with E-state index in [9.17, 15) is 4.79 Å². The summed E-state index contributed by atoms with van der Waals surface area (Å²) in [5, 5.41) is 0. The van der Waals surface area contributed by atoms with Gasteiger partial charge in [-0.15, -0.1) is 0 Å². The van der Waals surface area contributed by atoms with Crippen LogP contribution in [0.2, 0.25) is 0 Å². The molecule has 0 aliphatic rings. The first kappa shape index (κ1) is 16.7. The van der Waals surface area contributed by atoms with Crippen LogP contribution in [0.15, 0.2) is 18.2 Å². The highest BCUT2D eigenvalue weighted by Crippen LogP contribution is 2.23. The van der Waals surface area contributed by atoms with Gasteiger partial charge in [0, 0.05) is 12.5 Å². The zero-order chi connectivity index (χ0) is 15.0. The molecule has 3 heteroatoms. The van der Waals surface area contributed by atoms with E-state index >= 15 is 0 Å². The Bertz CT molecular complexity index is 429. The Morgan fingerprint density at radius 3 is 2.60 bits per heavy atom. The molecule has 1 aromatic rings. The highest BCUT2D eigenvalue weighted by molar-refractivity contribution is 5.69. The van der Waals surface area contributed by atoms with Gasteiger partial charge in [-0.05, 0) is 49.3 Å². The lowest BCUT2D eigenvalue weighted by Crippen LogP contribution is -2.14. The summed E-state index contributed by atoms with van der Waals surface area (Å²) >= 11 is 0. The Hall–Kier alpha value is -1.35. The number of hydrogen-bond donors (Lipinski definition) is 1. The van der Waals surface area contributed by atoms with Crippen molar-refractivity contribution in [2.75, 3.05) is 6.61 Å². The molecule has 0 fully saturated rings. The van der Waals surface area contributed by atoms with Gasteiger partial charge >= 0.3 is 5.97 Å². The topological polar surface area (TPSA) is 52.3 Å². The van der Waals surface area contributed by atoms with Crippen LogP contribution in [0.4, 0.5) is 0 Å². The lowest BCUT2D eigenvalue weighted by Gasteiger charge is -2.17. The predicted octanol–water partition coefficient (Wildman–Crippen LogP) is 3.54. The highest BCUT2D eigenvalue weighted by atomic mass is 16.5. The molecule has 0 saturated heterocycles. The van der Waals surface area contributed by atoms with E-state index in [1.165, 1.54) is 16.7 Å². The Kier molecular flexibility index (Phi) is 7.31. The molecular weight excluding hydrogens is 250 g/mol. The number of hydrogen-bond acceptors (Lipinski definition) is 3. The molecule has 0 saturated carbocycles. The van der Waals surface area contributed by atoms with E-state index in [1.54, 1.807) is 0 Å². The van der Waals surface area contributed by atoms with Gasteiger partial charge in [0.2, 0.25) is 0 Å². The van der Waals surface area contributed by atoms with E-state index < -0.39 is 0 Å². The molecule has 1 aromatic carbocycles. The second kappa shape index (κ2) is 8.75. The molecule has 0 aliphatic heterocycles. The minimum Gasteiger partial charge on any atom is -0.466 e. The lowest BCUT2D eigenvalue weighted by molar-refractivity contribution is -0.143. The average Bonchev–Trinajstić information content (AvgIpc) is 2.46. The van der Waals surface area contributed by atoms with Crippen molar-refractivity contribution in [1.82, 2.24) is 0 Å². The van der Waals surface area contributed by atoms with Crippen LogP contribution in [0.1, 0.15) is 62.8 Å². The summed E-state index contributed by atoms with van der Waals surface area (Å²) in [6.45, 7) is 6.57. The van der Waals surface area contributed by atoms with Gasteiger partial charge in [-0.2, -0.15) is 0 Å². The summed E-state index contributed by atoms with van der Waals surface area (Å²) < 4.78 is 4.93. The van der Waals surface area contributed by atoms with Crippen LogP contribution >= 0.6 is 0 Å². The smallest absolute Gasteiger partial charge is 0.305 e. The second-order valence-corrected chi connectivity index (χ2v) is 5.04. The van der Waals surface area contributed by atoms with E-state index in [4.69, 9.17) is 10.5 Å². The van der Waals surface area contributed by atoms with Gasteiger partial charge in [-0.1, -0.05) is 32.0 Å². The lowest BCUT2D eigenvalue weighted by atomic mass is 9.93. The minimum absolute atomic E-state index is 0.00544. The van der Waals surface area contributed by atoms with Crippen molar-refractivity contribution in [3.63, 3.8) is 0 Å². The van der Waals surface area contributed by atoms with Gasteiger partial charge in [0.1, 0.15) is 0 Å². The average molecular weight is 277 g/mol. The van der Waals surface area contributed by atoms with Gasteiger partial charge in [0.05, 0.1) is 6.61 Å². The molecule has 0 aliphatic carbocycles. The van der Waals surface area contributed by atoms with Gasteiger partial charge < -0.3 is 10.5 Å². The van der Waals surface area contributed by atoms with Crippen molar-refractivity contribution in [3.8, 4) is 0 Å². The molecule has 3 nitrogen and oxygen atoms in total. The van der Waals surface area contributed by atoms with E-state index in [2.05, 4.69) is 32.0 Å². The molecule has 1 atom stereocenters. The predicted molar refractivity (Wildman–Crippen MR) is 82.6 cm³/mol. The number of benzene rings is 1. The SMILES string of the molecule is CCOC(=O)CCCC(N)c1cc(CC)ccc1CC. The summed E-state index contributed by atoms with van der Waals surface area (Å²) in [6, 6.07) is 6.58. The zero-order valence-electron chi connectivity index (χ0n) is 12.9. The number of carbonyl (C=O) groups is 1. The molecule has 0 radical (unpaired) electrons. The highest BCUT2D eigenvalue weighted by Gasteiger charge is 2.12. The number of ether oxygens (including phenoxy) is 1. The van der Waals surface area contributed by atoms with Crippen molar-refractivity contribution in [1.29, 1.82) is 0 Å². The van der Waals surface area contributed by atoms with Crippen LogP contribution in [0.25, 0.3) is 0 Å². The molecular formula is C17H27NO2. The van der Waals surface area contributed by atoms with Crippen LogP contribution in [-0.4, -0.2) is 12.6 Å². The van der Waals surface area contributed by atoms with Crippen molar-refractivity contribution >= 4 is 5.97 Å². The summed E-state index contributed by atoms with van der Waals surface area (Å²) in [7, 11) is 0. The Morgan fingerprint density at radius 1 is 1.25 bits per heavy atom. The number of nitrogens with two attached hydrogens (primary N) is 1. The molecule has 0 heterocycles. The standard InChI is InChI=1S/C17H27NO2/c1-4-13-10-11-14(5-2)15(12-13)16(18)8-7-9-17(19)20-6-3/h10-12,16H,4-9,18H2,1-3H3. The number of rotatable bonds is 8. The van der Waals surface area contributed by atoms with Crippen LogP contribution < -0.4 is 5.73 Å². The largest absolute Gasteiger partial charge is 0.466 e. The molecule has 0 spiro atoms.